The summed E-state index contributed by atoms with van der Waals surface area (Å²) in [4.78, 5) is 28.9. The zero-order valence-corrected chi connectivity index (χ0v) is 19.1. The van der Waals surface area contributed by atoms with E-state index in [0.717, 1.165) is 22.5 Å². The van der Waals surface area contributed by atoms with Gasteiger partial charge in [0.2, 0.25) is 0 Å². The standard InChI is InChI=1S/C26H30N4O2/c1-29(2)23-12-8-21(9-13-23)25(31)27-17-19-6-5-7-20(16-19)18-28-26(32)22-10-14-24(15-11-22)30(3)4/h5-16H,17-18H2,1-4H3,(H,27,31)(H,28,32). The van der Waals surface area contributed by atoms with E-state index in [0.29, 0.717) is 24.2 Å². The van der Waals surface area contributed by atoms with Crippen LogP contribution in [0.2, 0.25) is 0 Å². The fourth-order valence-corrected chi connectivity index (χ4v) is 3.24. The SMILES string of the molecule is CN(C)c1ccc(C(=O)NCc2cccc(CNC(=O)c3ccc(N(C)C)cc3)c2)cc1. The van der Waals surface area contributed by atoms with E-state index in [1.54, 1.807) is 0 Å². The summed E-state index contributed by atoms with van der Waals surface area (Å²) in [5.41, 5.74) is 5.30. The average Bonchev–Trinajstić information content (AvgIpc) is 2.81. The van der Waals surface area contributed by atoms with Gasteiger partial charge in [-0.25, -0.2) is 0 Å². The molecular formula is C26H30N4O2. The zero-order valence-electron chi connectivity index (χ0n) is 19.1. The number of nitrogens with one attached hydrogen (secondary N) is 2. The minimum atomic E-state index is -0.116. The summed E-state index contributed by atoms with van der Waals surface area (Å²) < 4.78 is 0. The Labute approximate surface area is 189 Å². The Morgan fingerprint density at radius 3 is 1.34 bits per heavy atom. The molecule has 2 N–H and O–H groups in total. The molecule has 0 aliphatic carbocycles. The third kappa shape index (κ3) is 6.11. The molecule has 3 rings (SSSR count). The van der Waals surface area contributed by atoms with E-state index < -0.39 is 0 Å². The van der Waals surface area contributed by atoms with E-state index in [4.69, 9.17) is 0 Å². The third-order valence-electron chi connectivity index (χ3n) is 5.19. The summed E-state index contributed by atoms with van der Waals surface area (Å²) in [6.45, 7) is 0.837. The molecule has 6 nitrogen and oxygen atoms in total. The van der Waals surface area contributed by atoms with Crippen LogP contribution in [0.4, 0.5) is 11.4 Å². The van der Waals surface area contributed by atoms with E-state index >= 15 is 0 Å². The van der Waals surface area contributed by atoms with Gasteiger partial charge >= 0.3 is 0 Å². The van der Waals surface area contributed by atoms with E-state index in [1.807, 2.05) is 111 Å². The Hall–Kier alpha value is -3.80. The van der Waals surface area contributed by atoms with E-state index in [2.05, 4.69) is 10.6 Å². The van der Waals surface area contributed by atoms with Crippen molar-refractivity contribution in [2.24, 2.45) is 0 Å². The molecule has 0 heterocycles. The third-order valence-corrected chi connectivity index (χ3v) is 5.19. The molecule has 0 bridgehead atoms. The van der Waals surface area contributed by atoms with Crippen molar-refractivity contribution in [3.05, 3.63) is 95.1 Å². The molecule has 0 unspecified atom stereocenters. The van der Waals surface area contributed by atoms with Gasteiger partial charge in [0, 0.05) is 63.8 Å². The van der Waals surface area contributed by atoms with Gasteiger partial charge in [-0.3, -0.25) is 9.59 Å². The highest BCUT2D eigenvalue weighted by atomic mass is 16.2. The molecule has 6 heteroatoms. The molecule has 32 heavy (non-hydrogen) atoms. The molecule has 2 amide bonds. The van der Waals surface area contributed by atoms with Gasteiger partial charge in [0.1, 0.15) is 0 Å². The predicted molar refractivity (Wildman–Crippen MR) is 130 cm³/mol. The van der Waals surface area contributed by atoms with Gasteiger partial charge in [-0.2, -0.15) is 0 Å². The number of nitrogens with zero attached hydrogens (tertiary/aromatic N) is 2. The second-order valence-electron chi connectivity index (χ2n) is 8.07. The van der Waals surface area contributed by atoms with E-state index in [-0.39, 0.29) is 11.8 Å². The Morgan fingerprint density at radius 1 is 0.625 bits per heavy atom. The molecular weight excluding hydrogens is 400 g/mol. The van der Waals surface area contributed by atoms with Crippen LogP contribution in [0.3, 0.4) is 0 Å². The quantitative estimate of drug-likeness (QED) is 0.572. The van der Waals surface area contributed by atoms with Crippen LogP contribution in [-0.2, 0) is 13.1 Å². The minimum absolute atomic E-state index is 0.116. The number of rotatable bonds is 8. The van der Waals surface area contributed by atoms with Gasteiger partial charge in [-0.05, 0) is 59.7 Å². The van der Waals surface area contributed by atoms with Gasteiger partial charge in [-0.1, -0.05) is 24.3 Å². The second-order valence-corrected chi connectivity index (χ2v) is 8.07. The molecule has 0 saturated carbocycles. The maximum absolute atomic E-state index is 12.4. The topological polar surface area (TPSA) is 64.7 Å². The van der Waals surface area contributed by atoms with Crippen LogP contribution in [0, 0.1) is 0 Å². The van der Waals surface area contributed by atoms with Crippen LogP contribution < -0.4 is 20.4 Å². The lowest BCUT2D eigenvalue weighted by atomic mass is 10.1. The number of hydrogen-bond acceptors (Lipinski definition) is 4. The highest BCUT2D eigenvalue weighted by Gasteiger charge is 2.08. The molecule has 0 aromatic heterocycles. The Morgan fingerprint density at radius 2 is 1.00 bits per heavy atom. The summed E-state index contributed by atoms with van der Waals surface area (Å²) in [5.74, 6) is -0.231. The highest BCUT2D eigenvalue weighted by molar-refractivity contribution is 5.95. The lowest BCUT2D eigenvalue weighted by Crippen LogP contribution is -2.24. The maximum Gasteiger partial charge on any atom is 0.251 e. The van der Waals surface area contributed by atoms with Crippen molar-refractivity contribution >= 4 is 23.2 Å². The minimum Gasteiger partial charge on any atom is -0.378 e. The number of amides is 2. The zero-order chi connectivity index (χ0) is 23.1. The van der Waals surface area contributed by atoms with Crippen LogP contribution in [0.1, 0.15) is 31.8 Å². The average molecular weight is 431 g/mol. The Kier molecular flexibility index (Phi) is 7.49. The first kappa shape index (κ1) is 22.9. The first-order valence-electron chi connectivity index (χ1n) is 10.5. The Balaban J connectivity index is 1.53. The van der Waals surface area contributed by atoms with Crippen LogP contribution in [0.15, 0.2) is 72.8 Å². The van der Waals surface area contributed by atoms with Gasteiger partial charge in [0.05, 0.1) is 0 Å². The van der Waals surface area contributed by atoms with Crippen LogP contribution in [0.5, 0.6) is 0 Å². The molecule has 0 saturated heterocycles. The van der Waals surface area contributed by atoms with Crippen LogP contribution in [0.25, 0.3) is 0 Å². The van der Waals surface area contributed by atoms with Gasteiger partial charge in [0.25, 0.3) is 11.8 Å². The van der Waals surface area contributed by atoms with Crippen molar-refractivity contribution in [2.45, 2.75) is 13.1 Å². The summed E-state index contributed by atoms with van der Waals surface area (Å²) in [6.07, 6.45) is 0. The van der Waals surface area contributed by atoms with Crippen LogP contribution >= 0.6 is 0 Å². The van der Waals surface area contributed by atoms with Crippen molar-refractivity contribution in [3.63, 3.8) is 0 Å². The van der Waals surface area contributed by atoms with Crippen molar-refractivity contribution < 1.29 is 9.59 Å². The smallest absolute Gasteiger partial charge is 0.251 e. The number of benzene rings is 3. The fourth-order valence-electron chi connectivity index (χ4n) is 3.24. The number of hydrogen-bond donors (Lipinski definition) is 2. The normalized spacial score (nSPS) is 10.4. The van der Waals surface area contributed by atoms with Gasteiger partial charge in [-0.15, -0.1) is 0 Å². The van der Waals surface area contributed by atoms with Crippen molar-refractivity contribution in [3.8, 4) is 0 Å². The summed E-state index contributed by atoms with van der Waals surface area (Å²) in [7, 11) is 7.85. The molecule has 0 fully saturated rings. The highest BCUT2D eigenvalue weighted by Crippen LogP contribution is 2.14. The lowest BCUT2D eigenvalue weighted by molar-refractivity contribution is 0.0943. The second kappa shape index (κ2) is 10.5. The monoisotopic (exact) mass is 430 g/mol. The predicted octanol–water partition coefficient (Wildman–Crippen LogP) is 3.68. The van der Waals surface area contributed by atoms with Crippen molar-refractivity contribution in [1.82, 2.24) is 10.6 Å². The molecule has 166 valence electrons. The number of anilines is 2. The van der Waals surface area contributed by atoms with E-state index in [1.165, 1.54) is 0 Å². The Bertz CT molecular complexity index is 975. The molecule has 0 spiro atoms. The first-order chi connectivity index (χ1) is 15.3. The lowest BCUT2D eigenvalue weighted by Gasteiger charge is -2.13. The molecule has 0 atom stereocenters. The van der Waals surface area contributed by atoms with Gasteiger partial charge < -0.3 is 20.4 Å². The largest absolute Gasteiger partial charge is 0.378 e. The first-order valence-corrected chi connectivity index (χ1v) is 10.5. The molecule has 0 aliphatic rings. The molecule has 3 aromatic carbocycles. The van der Waals surface area contributed by atoms with Crippen molar-refractivity contribution in [1.29, 1.82) is 0 Å². The molecule has 3 aromatic rings. The maximum atomic E-state index is 12.4. The van der Waals surface area contributed by atoms with Crippen molar-refractivity contribution in [2.75, 3.05) is 38.0 Å². The number of carbonyl (C=O) groups is 2. The summed E-state index contributed by atoms with van der Waals surface area (Å²) in [5, 5.41) is 5.90. The summed E-state index contributed by atoms with van der Waals surface area (Å²) in [6, 6.07) is 22.8. The van der Waals surface area contributed by atoms with E-state index in [9.17, 15) is 9.59 Å². The molecule has 0 radical (unpaired) electrons. The number of carbonyl (C=O) groups excluding carboxylic acids is 2. The van der Waals surface area contributed by atoms with Crippen LogP contribution in [-0.4, -0.2) is 40.0 Å². The summed E-state index contributed by atoms with van der Waals surface area (Å²) >= 11 is 0. The fraction of sp³-hybridized carbons (Fsp3) is 0.231. The van der Waals surface area contributed by atoms with Gasteiger partial charge in [0.15, 0.2) is 0 Å². The molecule has 0 aliphatic heterocycles.